The number of sulfonamides is 1. The summed E-state index contributed by atoms with van der Waals surface area (Å²) in [5.41, 5.74) is 3.34. The number of hydrogen-bond acceptors (Lipinski definition) is 5. The number of ether oxygens (including phenoxy) is 1. The number of nitrogens with one attached hydrogen (secondary N) is 2. The van der Waals surface area contributed by atoms with Gasteiger partial charge in [0, 0.05) is 30.4 Å². The molecule has 7 nitrogen and oxygen atoms in total. The molecule has 0 radical (unpaired) electrons. The number of amides is 1. The van der Waals surface area contributed by atoms with Crippen LogP contribution >= 0.6 is 0 Å². The van der Waals surface area contributed by atoms with E-state index in [0.29, 0.717) is 18.0 Å². The number of pyridine rings is 1. The normalized spacial score (nSPS) is 13.6. The molecule has 1 aromatic heterocycles. The molecule has 0 bridgehead atoms. The van der Waals surface area contributed by atoms with Gasteiger partial charge in [0.05, 0.1) is 4.90 Å². The van der Waals surface area contributed by atoms with Crippen LogP contribution in [0.2, 0.25) is 0 Å². The van der Waals surface area contributed by atoms with Crippen LogP contribution in [0.4, 0.5) is 0 Å². The number of benzene rings is 2. The van der Waals surface area contributed by atoms with Crippen LogP contribution in [0.1, 0.15) is 39.9 Å². The Hall–Kier alpha value is -3.23. The predicted octanol–water partition coefficient (Wildman–Crippen LogP) is 3.86. The molecule has 0 unspecified atom stereocenters. The topological polar surface area (TPSA) is 97.4 Å². The van der Waals surface area contributed by atoms with Gasteiger partial charge < -0.3 is 10.1 Å². The van der Waals surface area contributed by atoms with Crippen molar-refractivity contribution in [3.8, 4) is 11.6 Å². The smallest absolute Gasteiger partial charge is 0.251 e. The zero-order valence-electron chi connectivity index (χ0n) is 18.0. The van der Waals surface area contributed by atoms with Gasteiger partial charge in [-0.25, -0.2) is 18.1 Å². The van der Waals surface area contributed by atoms with Crippen molar-refractivity contribution in [2.45, 2.75) is 44.2 Å². The van der Waals surface area contributed by atoms with Gasteiger partial charge in [0.25, 0.3) is 5.91 Å². The second-order valence-corrected chi connectivity index (χ2v) is 9.69. The predicted molar refractivity (Wildman–Crippen MR) is 121 cm³/mol. The standard InChI is InChI=1S/C24H25N3O4S/c1-16-3-4-17(2)22(13-16)31-23-12-5-18(14-25-23)15-26-24(28)19-6-10-21(11-7-19)32(29,30)27-20-8-9-20/h3-7,10-14,20,27H,8-9,15H2,1-2H3,(H,26,28). The molecule has 1 heterocycles. The number of carbonyl (C=O) groups excluding carboxylic acids is 1. The molecule has 2 N–H and O–H groups in total. The lowest BCUT2D eigenvalue weighted by molar-refractivity contribution is 0.0951. The summed E-state index contributed by atoms with van der Waals surface area (Å²) in [7, 11) is -3.53. The van der Waals surface area contributed by atoms with Crippen LogP contribution in [0.5, 0.6) is 11.6 Å². The summed E-state index contributed by atoms with van der Waals surface area (Å²) >= 11 is 0. The largest absolute Gasteiger partial charge is 0.439 e. The van der Waals surface area contributed by atoms with Crippen molar-refractivity contribution in [1.82, 2.24) is 15.0 Å². The Bertz CT molecular complexity index is 1220. The maximum atomic E-state index is 12.4. The molecule has 0 spiro atoms. The van der Waals surface area contributed by atoms with Crippen molar-refractivity contribution in [3.05, 3.63) is 83.0 Å². The molecular weight excluding hydrogens is 426 g/mol. The van der Waals surface area contributed by atoms with Gasteiger partial charge in [-0.1, -0.05) is 18.2 Å². The average Bonchev–Trinajstić information content (AvgIpc) is 3.59. The summed E-state index contributed by atoms with van der Waals surface area (Å²) in [6.07, 6.45) is 3.39. The number of aromatic nitrogens is 1. The molecule has 32 heavy (non-hydrogen) atoms. The van der Waals surface area contributed by atoms with Crippen molar-refractivity contribution in [1.29, 1.82) is 0 Å². The first-order chi connectivity index (χ1) is 15.3. The number of carbonyl (C=O) groups is 1. The van der Waals surface area contributed by atoms with Crippen LogP contribution in [0.25, 0.3) is 0 Å². The molecular formula is C24H25N3O4S. The van der Waals surface area contributed by atoms with Crippen LogP contribution < -0.4 is 14.8 Å². The van der Waals surface area contributed by atoms with Crippen LogP contribution in [0.15, 0.2) is 65.7 Å². The van der Waals surface area contributed by atoms with Crippen LogP contribution in [-0.4, -0.2) is 25.4 Å². The van der Waals surface area contributed by atoms with E-state index < -0.39 is 10.0 Å². The lowest BCUT2D eigenvalue weighted by atomic mass is 10.1. The second-order valence-electron chi connectivity index (χ2n) is 7.98. The Morgan fingerprint density at radius 3 is 2.47 bits per heavy atom. The molecule has 1 fully saturated rings. The third-order valence-electron chi connectivity index (χ3n) is 5.13. The van der Waals surface area contributed by atoms with Crippen molar-refractivity contribution >= 4 is 15.9 Å². The van der Waals surface area contributed by atoms with Gasteiger partial charge >= 0.3 is 0 Å². The van der Waals surface area contributed by atoms with Gasteiger partial charge in [0.15, 0.2) is 0 Å². The van der Waals surface area contributed by atoms with E-state index in [1.54, 1.807) is 12.3 Å². The van der Waals surface area contributed by atoms with Gasteiger partial charge in [0.2, 0.25) is 15.9 Å². The highest BCUT2D eigenvalue weighted by atomic mass is 32.2. The van der Waals surface area contributed by atoms with Crippen molar-refractivity contribution in [2.24, 2.45) is 0 Å². The molecule has 0 saturated heterocycles. The van der Waals surface area contributed by atoms with E-state index in [9.17, 15) is 13.2 Å². The fraction of sp³-hybridized carbons (Fsp3) is 0.250. The van der Waals surface area contributed by atoms with Crippen molar-refractivity contribution in [3.63, 3.8) is 0 Å². The molecule has 2 aromatic carbocycles. The highest BCUT2D eigenvalue weighted by Crippen LogP contribution is 2.25. The Labute approximate surface area is 187 Å². The summed E-state index contributed by atoms with van der Waals surface area (Å²) in [6, 6.07) is 15.5. The molecule has 1 aliphatic carbocycles. The highest BCUT2D eigenvalue weighted by molar-refractivity contribution is 7.89. The van der Waals surface area contributed by atoms with Gasteiger partial charge in [0.1, 0.15) is 5.75 Å². The molecule has 1 amide bonds. The lowest BCUT2D eigenvalue weighted by Crippen LogP contribution is -2.26. The molecule has 4 rings (SSSR count). The Kier molecular flexibility index (Phi) is 6.25. The molecule has 0 atom stereocenters. The molecule has 166 valence electrons. The van der Waals surface area contributed by atoms with E-state index >= 15 is 0 Å². The first kappa shape index (κ1) is 22.0. The van der Waals surface area contributed by atoms with E-state index in [0.717, 1.165) is 35.3 Å². The van der Waals surface area contributed by atoms with Gasteiger partial charge in [-0.2, -0.15) is 0 Å². The summed E-state index contributed by atoms with van der Waals surface area (Å²) in [4.78, 5) is 16.9. The summed E-state index contributed by atoms with van der Waals surface area (Å²) in [5.74, 6) is 0.946. The van der Waals surface area contributed by atoms with Crippen molar-refractivity contribution < 1.29 is 17.9 Å². The minimum absolute atomic E-state index is 0.0363. The molecule has 1 aliphatic rings. The Morgan fingerprint density at radius 1 is 1.06 bits per heavy atom. The third kappa shape index (κ3) is 5.52. The Morgan fingerprint density at radius 2 is 1.81 bits per heavy atom. The quantitative estimate of drug-likeness (QED) is 0.542. The summed E-state index contributed by atoms with van der Waals surface area (Å²) in [6.45, 7) is 4.27. The van der Waals surface area contributed by atoms with E-state index in [-0.39, 0.29) is 16.8 Å². The van der Waals surface area contributed by atoms with Crippen LogP contribution in [-0.2, 0) is 16.6 Å². The molecule has 8 heteroatoms. The zero-order chi connectivity index (χ0) is 22.7. The average molecular weight is 452 g/mol. The number of aryl methyl sites for hydroxylation is 2. The second kappa shape index (κ2) is 9.10. The number of nitrogens with zero attached hydrogens (tertiary/aromatic N) is 1. The minimum atomic E-state index is -3.53. The Balaban J connectivity index is 1.33. The highest BCUT2D eigenvalue weighted by Gasteiger charge is 2.27. The van der Waals surface area contributed by atoms with E-state index in [1.165, 1.54) is 24.3 Å². The zero-order valence-corrected chi connectivity index (χ0v) is 18.8. The van der Waals surface area contributed by atoms with Crippen LogP contribution in [0, 0.1) is 13.8 Å². The number of hydrogen-bond donors (Lipinski definition) is 2. The molecule has 3 aromatic rings. The first-order valence-electron chi connectivity index (χ1n) is 10.4. The van der Waals surface area contributed by atoms with E-state index in [2.05, 4.69) is 15.0 Å². The fourth-order valence-electron chi connectivity index (χ4n) is 3.06. The maximum Gasteiger partial charge on any atom is 0.251 e. The van der Waals surface area contributed by atoms with E-state index in [4.69, 9.17) is 4.74 Å². The molecule has 1 saturated carbocycles. The van der Waals surface area contributed by atoms with Gasteiger partial charge in [-0.05, 0) is 73.7 Å². The van der Waals surface area contributed by atoms with Crippen LogP contribution in [0.3, 0.4) is 0 Å². The van der Waals surface area contributed by atoms with Crippen molar-refractivity contribution in [2.75, 3.05) is 0 Å². The maximum absolute atomic E-state index is 12.4. The SMILES string of the molecule is Cc1ccc(C)c(Oc2ccc(CNC(=O)c3ccc(S(=O)(=O)NC4CC4)cc3)cn2)c1. The third-order valence-corrected chi connectivity index (χ3v) is 6.67. The summed E-state index contributed by atoms with van der Waals surface area (Å²) < 4.78 is 32.9. The summed E-state index contributed by atoms with van der Waals surface area (Å²) in [5, 5.41) is 2.82. The molecule has 0 aliphatic heterocycles. The van der Waals surface area contributed by atoms with Gasteiger partial charge in [-0.15, -0.1) is 0 Å². The fourth-order valence-corrected chi connectivity index (χ4v) is 4.37. The lowest BCUT2D eigenvalue weighted by Gasteiger charge is -2.10. The number of rotatable bonds is 8. The minimum Gasteiger partial charge on any atom is -0.439 e. The monoisotopic (exact) mass is 451 g/mol. The van der Waals surface area contributed by atoms with Gasteiger partial charge in [-0.3, -0.25) is 4.79 Å². The van der Waals surface area contributed by atoms with E-state index in [1.807, 2.05) is 38.1 Å². The first-order valence-corrected chi connectivity index (χ1v) is 11.9.